The zero-order valence-electron chi connectivity index (χ0n) is 7.92. The van der Waals surface area contributed by atoms with Gasteiger partial charge in [-0.1, -0.05) is 12.1 Å². The van der Waals surface area contributed by atoms with Crippen molar-refractivity contribution < 1.29 is 17.4 Å². The molecule has 16 heavy (non-hydrogen) atoms. The van der Waals surface area contributed by atoms with E-state index in [0.29, 0.717) is 10.4 Å². The first-order valence-electron chi connectivity index (χ1n) is 4.30. The first-order chi connectivity index (χ1) is 7.47. The minimum atomic E-state index is -4.18. The topological polar surface area (TPSA) is 54.4 Å². The van der Waals surface area contributed by atoms with Crippen molar-refractivity contribution in [3.8, 4) is 10.4 Å². The Labute approximate surface area is 95.9 Å². The summed E-state index contributed by atoms with van der Waals surface area (Å²) in [6.45, 7) is 0. The second-order valence-corrected chi connectivity index (χ2v) is 5.84. The molecule has 0 aliphatic carbocycles. The van der Waals surface area contributed by atoms with Crippen LogP contribution in [0.3, 0.4) is 0 Å². The highest BCUT2D eigenvalue weighted by molar-refractivity contribution is 7.88. The Hall–Kier alpha value is -1.24. The first kappa shape index (κ1) is 11.3. The van der Waals surface area contributed by atoms with E-state index >= 15 is 0 Å². The van der Waals surface area contributed by atoms with Crippen molar-refractivity contribution in [2.45, 2.75) is 4.21 Å². The van der Waals surface area contributed by atoms with E-state index in [2.05, 4.69) is 0 Å². The average Bonchev–Trinajstić information content (AvgIpc) is 2.65. The quantitative estimate of drug-likeness (QED) is 0.843. The summed E-state index contributed by atoms with van der Waals surface area (Å²) < 4.78 is 43.3. The third kappa shape index (κ3) is 2.29. The molecule has 0 saturated carbocycles. The van der Waals surface area contributed by atoms with Gasteiger partial charge in [0.05, 0.1) is 0 Å². The van der Waals surface area contributed by atoms with Crippen LogP contribution in [0.5, 0.6) is 0 Å². The molecule has 2 rings (SSSR count). The van der Waals surface area contributed by atoms with Crippen molar-refractivity contribution >= 4 is 21.5 Å². The predicted octanol–water partition coefficient (Wildman–Crippen LogP) is 2.80. The van der Waals surface area contributed by atoms with E-state index < -0.39 is 10.1 Å². The molecule has 0 saturated heterocycles. The normalized spacial score (nSPS) is 11.6. The fourth-order valence-electron chi connectivity index (χ4n) is 1.26. The molecule has 0 aliphatic heterocycles. The second-order valence-electron chi connectivity index (χ2n) is 3.10. The predicted molar refractivity (Wildman–Crippen MR) is 59.5 cm³/mol. The number of rotatable bonds is 2. The molecule has 0 atom stereocenters. The Bertz CT molecular complexity index is 616. The molecule has 84 valence electrons. The zero-order chi connectivity index (χ0) is 11.8. The van der Waals surface area contributed by atoms with Crippen LogP contribution in [0.25, 0.3) is 10.4 Å². The third-order valence-electron chi connectivity index (χ3n) is 1.94. The molecule has 2 aromatic rings. The van der Waals surface area contributed by atoms with Gasteiger partial charge in [0.15, 0.2) is 0 Å². The van der Waals surface area contributed by atoms with Crippen LogP contribution in [-0.4, -0.2) is 13.0 Å². The third-order valence-corrected chi connectivity index (χ3v) is 4.40. The maximum atomic E-state index is 12.9. The molecular weight excluding hydrogens is 251 g/mol. The summed E-state index contributed by atoms with van der Waals surface area (Å²) in [5, 5.41) is 0. The van der Waals surface area contributed by atoms with Gasteiger partial charge < -0.3 is 0 Å². The zero-order valence-corrected chi connectivity index (χ0v) is 9.56. The van der Waals surface area contributed by atoms with E-state index in [9.17, 15) is 12.8 Å². The lowest BCUT2D eigenvalue weighted by Crippen LogP contribution is -1.92. The van der Waals surface area contributed by atoms with Crippen molar-refractivity contribution in [2.24, 2.45) is 0 Å². The molecule has 0 fully saturated rings. The lowest BCUT2D eigenvalue weighted by molar-refractivity contribution is 0.485. The SMILES string of the molecule is O=S(=O)(O)c1ccc(-c2cccc(F)c2)s1. The lowest BCUT2D eigenvalue weighted by Gasteiger charge is -1.96. The minimum absolute atomic E-state index is 0.147. The van der Waals surface area contributed by atoms with E-state index in [0.717, 1.165) is 11.3 Å². The monoisotopic (exact) mass is 258 g/mol. The molecule has 1 heterocycles. The van der Waals surface area contributed by atoms with Gasteiger partial charge in [-0.3, -0.25) is 4.55 Å². The van der Waals surface area contributed by atoms with Gasteiger partial charge in [0.25, 0.3) is 0 Å². The summed E-state index contributed by atoms with van der Waals surface area (Å²) in [5.41, 5.74) is 0.583. The van der Waals surface area contributed by atoms with Crippen molar-refractivity contribution in [1.82, 2.24) is 0 Å². The van der Waals surface area contributed by atoms with Gasteiger partial charge in [0, 0.05) is 4.88 Å². The largest absolute Gasteiger partial charge is 0.304 e. The molecule has 0 bridgehead atoms. The van der Waals surface area contributed by atoms with Crippen LogP contribution in [0.1, 0.15) is 0 Å². The van der Waals surface area contributed by atoms with Gasteiger partial charge in [-0.2, -0.15) is 8.42 Å². The highest BCUT2D eigenvalue weighted by Gasteiger charge is 2.13. The van der Waals surface area contributed by atoms with Gasteiger partial charge in [-0.15, -0.1) is 11.3 Å². The molecule has 6 heteroatoms. The number of thiophene rings is 1. The Morgan fingerprint density at radius 1 is 1.19 bits per heavy atom. The van der Waals surface area contributed by atoms with Crippen LogP contribution >= 0.6 is 11.3 Å². The maximum Gasteiger partial charge on any atom is 0.304 e. The second kappa shape index (κ2) is 3.97. The highest BCUT2D eigenvalue weighted by atomic mass is 32.3. The number of benzene rings is 1. The molecule has 0 aliphatic rings. The van der Waals surface area contributed by atoms with E-state index in [4.69, 9.17) is 4.55 Å². The Balaban J connectivity index is 2.47. The van der Waals surface area contributed by atoms with Gasteiger partial charge in [-0.05, 0) is 29.8 Å². The summed E-state index contributed by atoms with van der Waals surface area (Å²) >= 11 is 0.897. The summed E-state index contributed by atoms with van der Waals surface area (Å²) in [7, 11) is -4.18. The fraction of sp³-hybridized carbons (Fsp3) is 0. The lowest BCUT2D eigenvalue weighted by atomic mass is 10.2. The molecule has 0 unspecified atom stereocenters. The molecule has 0 spiro atoms. The fourth-order valence-corrected chi connectivity index (χ4v) is 2.92. The van der Waals surface area contributed by atoms with Crippen molar-refractivity contribution in [3.05, 3.63) is 42.2 Å². The van der Waals surface area contributed by atoms with Gasteiger partial charge in [0.1, 0.15) is 10.0 Å². The molecule has 1 aromatic heterocycles. The van der Waals surface area contributed by atoms with Crippen molar-refractivity contribution in [2.75, 3.05) is 0 Å². The van der Waals surface area contributed by atoms with E-state index in [1.54, 1.807) is 6.07 Å². The van der Waals surface area contributed by atoms with Crippen LogP contribution in [0, 0.1) is 5.82 Å². The molecule has 0 radical (unpaired) electrons. The summed E-state index contributed by atoms with van der Waals surface area (Å²) in [6, 6.07) is 8.64. The number of hydrogen-bond acceptors (Lipinski definition) is 3. The molecular formula is C10H7FO3S2. The molecule has 1 N–H and O–H groups in total. The summed E-state index contributed by atoms with van der Waals surface area (Å²) in [6.07, 6.45) is 0. The van der Waals surface area contributed by atoms with E-state index in [1.165, 1.54) is 30.3 Å². The smallest absolute Gasteiger partial charge is 0.281 e. The van der Waals surface area contributed by atoms with Crippen LogP contribution in [0.4, 0.5) is 4.39 Å². The van der Waals surface area contributed by atoms with Gasteiger partial charge >= 0.3 is 10.1 Å². The van der Waals surface area contributed by atoms with E-state index in [1.807, 2.05) is 0 Å². The Morgan fingerprint density at radius 2 is 1.94 bits per heavy atom. The van der Waals surface area contributed by atoms with Gasteiger partial charge in [-0.25, -0.2) is 4.39 Å². The van der Waals surface area contributed by atoms with Crippen LogP contribution in [0.15, 0.2) is 40.6 Å². The van der Waals surface area contributed by atoms with Crippen LogP contribution < -0.4 is 0 Å². The van der Waals surface area contributed by atoms with Crippen molar-refractivity contribution in [3.63, 3.8) is 0 Å². The highest BCUT2D eigenvalue weighted by Crippen LogP contribution is 2.30. The van der Waals surface area contributed by atoms with Crippen LogP contribution in [-0.2, 0) is 10.1 Å². The average molecular weight is 258 g/mol. The Kier molecular flexibility index (Phi) is 2.79. The minimum Gasteiger partial charge on any atom is -0.281 e. The molecule has 1 aromatic carbocycles. The summed E-state index contributed by atoms with van der Waals surface area (Å²) in [5.74, 6) is -0.390. The molecule has 0 amide bonds. The maximum absolute atomic E-state index is 12.9. The van der Waals surface area contributed by atoms with Gasteiger partial charge in [0.2, 0.25) is 0 Å². The van der Waals surface area contributed by atoms with E-state index in [-0.39, 0.29) is 10.0 Å². The standard InChI is InChI=1S/C10H7FO3S2/c11-8-3-1-2-7(6-8)9-4-5-10(15-9)16(12,13)14/h1-6H,(H,12,13,14). The Morgan fingerprint density at radius 3 is 2.50 bits per heavy atom. The number of halogens is 1. The summed E-state index contributed by atoms with van der Waals surface area (Å²) in [4.78, 5) is 0.590. The molecule has 3 nitrogen and oxygen atoms in total. The van der Waals surface area contributed by atoms with Crippen LogP contribution in [0.2, 0.25) is 0 Å². The van der Waals surface area contributed by atoms with Crippen molar-refractivity contribution in [1.29, 1.82) is 0 Å². The first-order valence-corrected chi connectivity index (χ1v) is 6.56. The number of hydrogen-bond donors (Lipinski definition) is 1.